The van der Waals surface area contributed by atoms with Crippen LogP contribution < -0.4 is 10.6 Å². The summed E-state index contributed by atoms with van der Waals surface area (Å²) in [5, 5.41) is 19.6. The Morgan fingerprint density at radius 1 is 1.29 bits per heavy atom. The van der Waals surface area contributed by atoms with Crippen molar-refractivity contribution in [2.24, 2.45) is 7.05 Å². The van der Waals surface area contributed by atoms with E-state index >= 15 is 0 Å². The number of nitriles is 1. The first-order chi connectivity index (χ1) is 11.7. The van der Waals surface area contributed by atoms with Crippen LogP contribution in [0.1, 0.15) is 18.5 Å². The van der Waals surface area contributed by atoms with Gasteiger partial charge in [0.2, 0.25) is 5.95 Å². The van der Waals surface area contributed by atoms with E-state index in [0.717, 1.165) is 29.7 Å². The van der Waals surface area contributed by atoms with Gasteiger partial charge in [-0.2, -0.15) is 15.3 Å². The summed E-state index contributed by atoms with van der Waals surface area (Å²) in [5.74, 6) is 1.20. The van der Waals surface area contributed by atoms with Gasteiger partial charge in [0.25, 0.3) is 0 Å². The van der Waals surface area contributed by atoms with Gasteiger partial charge < -0.3 is 10.6 Å². The van der Waals surface area contributed by atoms with Crippen LogP contribution in [0.3, 0.4) is 0 Å². The molecule has 24 heavy (non-hydrogen) atoms. The Morgan fingerprint density at radius 2 is 2.17 bits per heavy atom. The molecule has 8 nitrogen and oxygen atoms in total. The zero-order chi connectivity index (χ0) is 16.5. The molecule has 4 rings (SSSR count). The zero-order valence-electron chi connectivity index (χ0n) is 13.2. The maximum Gasteiger partial charge on any atom is 0.229 e. The summed E-state index contributed by atoms with van der Waals surface area (Å²) in [4.78, 5) is 13.6. The van der Waals surface area contributed by atoms with E-state index in [4.69, 9.17) is 5.26 Å². The number of hydrogen-bond acceptors (Lipinski definition) is 7. The lowest BCUT2D eigenvalue weighted by molar-refractivity contribution is 0.768. The maximum absolute atomic E-state index is 8.87. The van der Waals surface area contributed by atoms with Crippen molar-refractivity contribution in [3.63, 3.8) is 0 Å². The molecule has 3 heterocycles. The van der Waals surface area contributed by atoms with Crippen LogP contribution in [-0.4, -0.2) is 30.8 Å². The third kappa shape index (κ3) is 2.96. The Hall–Kier alpha value is -3.21. The quantitative estimate of drug-likeness (QED) is 0.742. The normalized spacial score (nSPS) is 13.7. The van der Waals surface area contributed by atoms with Crippen molar-refractivity contribution in [3.8, 4) is 6.07 Å². The van der Waals surface area contributed by atoms with Gasteiger partial charge in [0, 0.05) is 19.3 Å². The molecule has 8 heteroatoms. The highest BCUT2D eigenvalue weighted by molar-refractivity contribution is 5.87. The average Bonchev–Trinajstić information content (AvgIpc) is 3.29. The monoisotopic (exact) mass is 320 g/mol. The minimum atomic E-state index is 0.272. The van der Waals surface area contributed by atoms with Crippen LogP contribution in [0.15, 0.2) is 24.5 Å². The number of aromatic nitrogens is 5. The van der Waals surface area contributed by atoms with Gasteiger partial charge >= 0.3 is 0 Å². The van der Waals surface area contributed by atoms with E-state index in [0.29, 0.717) is 23.3 Å². The van der Waals surface area contributed by atoms with E-state index in [2.05, 4.69) is 36.8 Å². The summed E-state index contributed by atoms with van der Waals surface area (Å²) < 4.78 is 1.71. The Balaban J connectivity index is 1.75. The Morgan fingerprint density at radius 3 is 2.88 bits per heavy atom. The number of nitrogens with one attached hydrogen (secondary N) is 2. The van der Waals surface area contributed by atoms with Gasteiger partial charge in [-0.25, -0.2) is 9.97 Å². The largest absolute Gasteiger partial charge is 0.365 e. The highest BCUT2D eigenvalue weighted by atomic mass is 15.3. The first kappa shape index (κ1) is 14.4. The van der Waals surface area contributed by atoms with Crippen molar-refractivity contribution in [2.45, 2.75) is 25.3 Å². The molecule has 3 aromatic heterocycles. The molecule has 0 saturated heterocycles. The topological polar surface area (TPSA) is 104 Å². The Bertz CT molecular complexity index is 935. The summed E-state index contributed by atoms with van der Waals surface area (Å²) in [6.45, 7) is 0. The van der Waals surface area contributed by atoms with Gasteiger partial charge in [0.15, 0.2) is 5.82 Å². The van der Waals surface area contributed by atoms with Gasteiger partial charge in [0.05, 0.1) is 35.6 Å². The van der Waals surface area contributed by atoms with Crippen molar-refractivity contribution < 1.29 is 0 Å². The molecule has 120 valence electrons. The van der Waals surface area contributed by atoms with Crippen molar-refractivity contribution in [3.05, 3.63) is 30.2 Å². The molecule has 0 bridgehead atoms. The number of rotatable bonds is 5. The van der Waals surface area contributed by atoms with Crippen LogP contribution in [0.2, 0.25) is 0 Å². The lowest BCUT2D eigenvalue weighted by Gasteiger charge is -2.10. The van der Waals surface area contributed by atoms with Crippen LogP contribution in [0, 0.1) is 11.3 Å². The average molecular weight is 320 g/mol. The summed E-state index contributed by atoms with van der Waals surface area (Å²) in [6, 6.07) is 6.27. The number of aryl methyl sites for hydroxylation is 1. The van der Waals surface area contributed by atoms with Crippen molar-refractivity contribution in [1.82, 2.24) is 24.7 Å². The highest BCUT2D eigenvalue weighted by Gasteiger charge is 2.23. The van der Waals surface area contributed by atoms with Crippen molar-refractivity contribution in [2.75, 3.05) is 10.6 Å². The molecule has 3 aromatic rings. The first-order valence-electron chi connectivity index (χ1n) is 7.78. The van der Waals surface area contributed by atoms with Crippen LogP contribution >= 0.6 is 0 Å². The van der Waals surface area contributed by atoms with E-state index in [1.54, 1.807) is 10.9 Å². The van der Waals surface area contributed by atoms with E-state index in [1.165, 1.54) is 0 Å². The second-order valence-corrected chi connectivity index (χ2v) is 5.85. The molecule has 0 atom stereocenters. The van der Waals surface area contributed by atoms with E-state index in [-0.39, 0.29) is 6.42 Å². The zero-order valence-corrected chi connectivity index (χ0v) is 13.2. The molecule has 2 N–H and O–H groups in total. The third-order valence-electron chi connectivity index (χ3n) is 3.74. The summed E-state index contributed by atoms with van der Waals surface area (Å²) in [7, 11) is 1.85. The molecule has 1 aliphatic rings. The lowest BCUT2D eigenvalue weighted by Crippen LogP contribution is -2.08. The third-order valence-corrected chi connectivity index (χ3v) is 3.74. The van der Waals surface area contributed by atoms with Gasteiger partial charge in [0.1, 0.15) is 5.52 Å². The first-order valence-corrected chi connectivity index (χ1v) is 7.78. The SMILES string of the molecule is Cn1cc(Nc2nc(NC3CC3)c3nc(CC#N)ccc3n2)cn1. The van der Waals surface area contributed by atoms with Gasteiger partial charge in [-0.05, 0) is 25.0 Å². The van der Waals surface area contributed by atoms with E-state index in [9.17, 15) is 0 Å². The van der Waals surface area contributed by atoms with Crippen LogP contribution in [0.25, 0.3) is 11.0 Å². The minimum Gasteiger partial charge on any atom is -0.365 e. The molecule has 0 spiro atoms. The second-order valence-electron chi connectivity index (χ2n) is 5.85. The Kier molecular flexibility index (Phi) is 3.46. The standard InChI is InChI=1S/C16H16N8/c1-24-9-12(8-18-24)21-16-22-13-5-4-11(6-7-17)19-14(13)15(23-16)20-10-2-3-10/h4-5,8-10H,2-3,6H2,1H3,(H2,20,21,22,23). The van der Waals surface area contributed by atoms with Crippen molar-refractivity contribution >= 4 is 28.5 Å². The number of pyridine rings is 1. The fraction of sp³-hybridized carbons (Fsp3) is 0.312. The van der Waals surface area contributed by atoms with Crippen LogP contribution in [0.5, 0.6) is 0 Å². The maximum atomic E-state index is 8.87. The molecule has 1 aliphatic carbocycles. The minimum absolute atomic E-state index is 0.272. The predicted molar refractivity (Wildman–Crippen MR) is 89.8 cm³/mol. The molecule has 1 fully saturated rings. The molecule has 0 unspecified atom stereocenters. The molecule has 0 amide bonds. The molecule has 0 aromatic carbocycles. The molecule has 0 radical (unpaired) electrons. The fourth-order valence-corrected chi connectivity index (χ4v) is 2.43. The number of fused-ring (bicyclic) bond motifs is 1. The predicted octanol–water partition coefficient (Wildman–Crippen LogP) is 2.14. The highest BCUT2D eigenvalue weighted by Crippen LogP contribution is 2.28. The number of nitrogens with zero attached hydrogens (tertiary/aromatic N) is 6. The smallest absolute Gasteiger partial charge is 0.229 e. The molecular weight excluding hydrogens is 304 g/mol. The number of hydrogen-bond donors (Lipinski definition) is 2. The second kappa shape index (κ2) is 5.77. The van der Waals surface area contributed by atoms with E-state index < -0.39 is 0 Å². The molecule has 0 aliphatic heterocycles. The number of anilines is 3. The van der Waals surface area contributed by atoms with Crippen molar-refractivity contribution in [1.29, 1.82) is 5.26 Å². The van der Waals surface area contributed by atoms with E-state index in [1.807, 2.05) is 25.4 Å². The van der Waals surface area contributed by atoms with Gasteiger partial charge in [-0.15, -0.1) is 0 Å². The summed E-state index contributed by atoms with van der Waals surface area (Å²) >= 11 is 0. The van der Waals surface area contributed by atoms with Gasteiger partial charge in [-0.3, -0.25) is 4.68 Å². The summed E-state index contributed by atoms with van der Waals surface area (Å²) in [5.41, 5.74) is 2.98. The summed E-state index contributed by atoms with van der Waals surface area (Å²) in [6.07, 6.45) is 6.11. The fourth-order valence-electron chi connectivity index (χ4n) is 2.43. The molecular formula is C16H16N8. The van der Waals surface area contributed by atoms with Gasteiger partial charge in [-0.1, -0.05) is 0 Å². The Labute approximate surface area is 138 Å². The van der Waals surface area contributed by atoms with Crippen LogP contribution in [-0.2, 0) is 13.5 Å². The van der Waals surface area contributed by atoms with Crippen LogP contribution in [0.4, 0.5) is 17.5 Å². The lowest BCUT2D eigenvalue weighted by atomic mass is 10.2. The molecule has 1 saturated carbocycles.